The monoisotopic (exact) mass is 308 g/mol. The standard InChI is InChI=1S/C15H20N4O.ClH/c1-12-10-17-19(11-12)14-6-4-13(5-7-14)15(20)18(3)9-8-16-2;/h4-7,10-11,16H,8-9H2,1-3H3;1H. The Morgan fingerprint density at radius 3 is 2.52 bits per heavy atom. The molecule has 0 bridgehead atoms. The molecule has 0 atom stereocenters. The molecular formula is C15H21ClN4O. The third-order valence-electron chi connectivity index (χ3n) is 3.13. The van der Waals surface area contributed by atoms with Crippen LogP contribution >= 0.6 is 12.4 Å². The Morgan fingerprint density at radius 2 is 2.00 bits per heavy atom. The van der Waals surface area contributed by atoms with Gasteiger partial charge >= 0.3 is 0 Å². The predicted octanol–water partition coefficient (Wildman–Crippen LogP) is 1.89. The van der Waals surface area contributed by atoms with Gasteiger partial charge in [-0.3, -0.25) is 4.79 Å². The van der Waals surface area contributed by atoms with E-state index in [9.17, 15) is 4.79 Å². The van der Waals surface area contributed by atoms with Crippen LogP contribution in [0.3, 0.4) is 0 Å². The fourth-order valence-electron chi connectivity index (χ4n) is 1.91. The summed E-state index contributed by atoms with van der Waals surface area (Å²) >= 11 is 0. The van der Waals surface area contributed by atoms with Gasteiger partial charge in [0.1, 0.15) is 0 Å². The smallest absolute Gasteiger partial charge is 0.253 e. The summed E-state index contributed by atoms with van der Waals surface area (Å²) in [6, 6.07) is 7.49. The Hall–Kier alpha value is -1.85. The van der Waals surface area contributed by atoms with Gasteiger partial charge in [0.2, 0.25) is 0 Å². The van der Waals surface area contributed by atoms with Gasteiger partial charge in [0.25, 0.3) is 5.91 Å². The van der Waals surface area contributed by atoms with E-state index in [-0.39, 0.29) is 18.3 Å². The van der Waals surface area contributed by atoms with Gasteiger partial charge in [-0.2, -0.15) is 5.10 Å². The number of carbonyl (C=O) groups excluding carboxylic acids is 1. The highest BCUT2D eigenvalue weighted by molar-refractivity contribution is 5.94. The molecule has 6 heteroatoms. The lowest BCUT2D eigenvalue weighted by molar-refractivity contribution is 0.0797. The highest BCUT2D eigenvalue weighted by atomic mass is 35.5. The van der Waals surface area contributed by atoms with Gasteiger partial charge in [-0.25, -0.2) is 4.68 Å². The van der Waals surface area contributed by atoms with Gasteiger partial charge in [-0.05, 0) is 43.8 Å². The number of rotatable bonds is 5. The third kappa shape index (κ3) is 4.31. The summed E-state index contributed by atoms with van der Waals surface area (Å²) in [5.41, 5.74) is 2.75. The summed E-state index contributed by atoms with van der Waals surface area (Å²) < 4.78 is 1.80. The molecule has 21 heavy (non-hydrogen) atoms. The van der Waals surface area contributed by atoms with E-state index in [1.54, 1.807) is 9.58 Å². The van der Waals surface area contributed by atoms with E-state index in [0.717, 1.165) is 17.8 Å². The van der Waals surface area contributed by atoms with Crippen molar-refractivity contribution >= 4 is 18.3 Å². The Kier molecular flexibility index (Phi) is 6.39. The molecule has 1 heterocycles. The van der Waals surface area contributed by atoms with Crippen molar-refractivity contribution in [3.63, 3.8) is 0 Å². The van der Waals surface area contributed by atoms with E-state index >= 15 is 0 Å². The molecule has 0 fully saturated rings. The lowest BCUT2D eigenvalue weighted by Crippen LogP contribution is -2.32. The zero-order valence-corrected chi connectivity index (χ0v) is 13.4. The average Bonchev–Trinajstić information content (AvgIpc) is 2.90. The molecular weight excluding hydrogens is 288 g/mol. The number of halogens is 1. The molecule has 1 amide bonds. The van der Waals surface area contributed by atoms with Crippen LogP contribution in [0.15, 0.2) is 36.7 Å². The minimum atomic E-state index is 0. The lowest BCUT2D eigenvalue weighted by atomic mass is 10.2. The van der Waals surface area contributed by atoms with Gasteiger partial charge in [0.15, 0.2) is 0 Å². The van der Waals surface area contributed by atoms with E-state index in [1.165, 1.54) is 0 Å². The number of nitrogens with one attached hydrogen (secondary N) is 1. The first-order chi connectivity index (χ1) is 9.61. The summed E-state index contributed by atoms with van der Waals surface area (Å²) in [6.45, 7) is 3.47. The second kappa shape index (κ2) is 7.81. The fourth-order valence-corrected chi connectivity index (χ4v) is 1.91. The summed E-state index contributed by atoms with van der Waals surface area (Å²) in [6.07, 6.45) is 3.76. The topological polar surface area (TPSA) is 50.2 Å². The normalized spacial score (nSPS) is 10.0. The highest BCUT2D eigenvalue weighted by Gasteiger charge is 2.11. The largest absolute Gasteiger partial charge is 0.340 e. The van der Waals surface area contributed by atoms with Gasteiger partial charge in [-0.1, -0.05) is 0 Å². The molecule has 1 aromatic carbocycles. The molecule has 1 aromatic heterocycles. The zero-order chi connectivity index (χ0) is 14.5. The van der Waals surface area contributed by atoms with Gasteiger partial charge in [0, 0.05) is 31.9 Å². The van der Waals surface area contributed by atoms with Gasteiger partial charge in [0.05, 0.1) is 11.9 Å². The summed E-state index contributed by atoms with van der Waals surface area (Å²) in [5, 5.41) is 7.28. The Morgan fingerprint density at radius 1 is 1.33 bits per heavy atom. The van der Waals surface area contributed by atoms with E-state index in [4.69, 9.17) is 0 Å². The van der Waals surface area contributed by atoms with Crippen molar-refractivity contribution < 1.29 is 4.79 Å². The maximum absolute atomic E-state index is 12.2. The van der Waals surface area contributed by atoms with Crippen LogP contribution in [0, 0.1) is 6.92 Å². The van der Waals surface area contributed by atoms with Crippen LogP contribution in [0.1, 0.15) is 15.9 Å². The van der Waals surface area contributed by atoms with Crippen molar-refractivity contribution in [3.05, 3.63) is 47.8 Å². The van der Waals surface area contributed by atoms with E-state index in [1.807, 2.05) is 57.7 Å². The average molecular weight is 309 g/mol. The maximum atomic E-state index is 12.2. The van der Waals surface area contributed by atoms with Gasteiger partial charge in [-0.15, -0.1) is 12.4 Å². The number of amides is 1. The SMILES string of the molecule is CNCCN(C)C(=O)c1ccc(-n2cc(C)cn2)cc1.Cl. The van der Waals surface area contributed by atoms with E-state index in [2.05, 4.69) is 10.4 Å². The number of hydrogen-bond acceptors (Lipinski definition) is 3. The molecule has 1 N–H and O–H groups in total. The molecule has 0 aliphatic carbocycles. The molecule has 0 spiro atoms. The predicted molar refractivity (Wildman–Crippen MR) is 86.4 cm³/mol. The van der Waals surface area contributed by atoms with Crippen LogP contribution in [0.4, 0.5) is 0 Å². The van der Waals surface area contributed by atoms with Crippen molar-refractivity contribution in [1.29, 1.82) is 0 Å². The van der Waals surface area contributed by atoms with Crippen LogP contribution < -0.4 is 5.32 Å². The van der Waals surface area contributed by atoms with E-state index in [0.29, 0.717) is 12.1 Å². The number of likely N-dealkylation sites (N-methyl/N-ethyl adjacent to an activating group) is 2. The Labute approximate surface area is 131 Å². The molecule has 5 nitrogen and oxygen atoms in total. The van der Waals surface area contributed by atoms with Crippen molar-refractivity contribution in [2.45, 2.75) is 6.92 Å². The molecule has 0 saturated carbocycles. The van der Waals surface area contributed by atoms with Crippen molar-refractivity contribution in [2.24, 2.45) is 0 Å². The highest BCUT2D eigenvalue weighted by Crippen LogP contribution is 2.11. The van der Waals surface area contributed by atoms with Crippen LogP contribution in [0.5, 0.6) is 0 Å². The summed E-state index contributed by atoms with van der Waals surface area (Å²) in [7, 11) is 3.68. The molecule has 2 aromatic rings. The zero-order valence-electron chi connectivity index (χ0n) is 12.5. The second-order valence-electron chi connectivity index (χ2n) is 4.84. The van der Waals surface area contributed by atoms with Crippen molar-refractivity contribution in [2.75, 3.05) is 27.2 Å². The molecule has 0 saturated heterocycles. The molecule has 0 aliphatic heterocycles. The van der Waals surface area contributed by atoms with Crippen LogP contribution in [-0.4, -0.2) is 47.8 Å². The number of carbonyl (C=O) groups is 1. The minimum Gasteiger partial charge on any atom is -0.340 e. The Bertz CT molecular complexity index is 580. The van der Waals surface area contributed by atoms with Crippen LogP contribution in [0.25, 0.3) is 5.69 Å². The molecule has 114 valence electrons. The number of benzene rings is 1. The Balaban J connectivity index is 0.00000220. The molecule has 0 unspecified atom stereocenters. The van der Waals surface area contributed by atoms with E-state index < -0.39 is 0 Å². The summed E-state index contributed by atoms with van der Waals surface area (Å²) in [5.74, 6) is 0.0310. The first kappa shape index (κ1) is 17.2. The third-order valence-corrected chi connectivity index (χ3v) is 3.13. The first-order valence-electron chi connectivity index (χ1n) is 6.63. The quantitative estimate of drug-likeness (QED) is 0.918. The number of hydrogen-bond donors (Lipinski definition) is 1. The molecule has 0 aliphatic rings. The number of nitrogens with zero attached hydrogens (tertiary/aromatic N) is 3. The maximum Gasteiger partial charge on any atom is 0.253 e. The minimum absolute atomic E-state index is 0. The number of aryl methyl sites for hydroxylation is 1. The van der Waals surface area contributed by atoms with Crippen LogP contribution in [0.2, 0.25) is 0 Å². The summed E-state index contributed by atoms with van der Waals surface area (Å²) in [4.78, 5) is 13.9. The van der Waals surface area contributed by atoms with Crippen molar-refractivity contribution in [3.8, 4) is 5.69 Å². The van der Waals surface area contributed by atoms with Gasteiger partial charge < -0.3 is 10.2 Å². The second-order valence-corrected chi connectivity index (χ2v) is 4.84. The molecule has 2 rings (SSSR count). The van der Waals surface area contributed by atoms with Crippen LogP contribution in [-0.2, 0) is 0 Å². The molecule has 0 radical (unpaired) electrons. The lowest BCUT2D eigenvalue weighted by Gasteiger charge is -2.17. The fraction of sp³-hybridized carbons (Fsp3) is 0.333. The number of aromatic nitrogens is 2. The first-order valence-corrected chi connectivity index (χ1v) is 6.63. The van der Waals surface area contributed by atoms with Crippen molar-refractivity contribution in [1.82, 2.24) is 20.0 Å².